The number of nitrogens with zero attached hydrogens (tertiary/aromatic N) is 3. The molecule has 1 amide bonds. The van der Waals surface area contributed by atoms with Gasteiger partial charge in [0.15, 0.2) is 0 Å². The molecule has 7 nitrogen and oxygen atoms in total. The molecule has 0 spiro atoms. The van der Waals surface area contributed by atoms with Crippen LogP contribution in [0.5, 0.6) is 0 Å². The highest BCUT2D eigenvalue weighted by Crippen LogP contribution is 2.19. The summed E-state index contributed by atoms with van der Waals surface area (Å²) in [6.45, 7) is 6.00. The summed E-state index contributed by atoms with van der Waals surface area (Å²) in [6.07, 6.45) is 0. The first kappa shape index (κ1) is 21.7. The molecule has 8 heteroatoms. The van der Waals surface area contributed by atoms with Crippen molar-refractivity contribution < 1.29 is 13.2 Å². The second kappa shape index (κ2) is 8.81. The minimum absolute atomic E-state index is 0.153. The Kier molecular flexibility index (Phi) is 6.38. The molecule has 30 heavy (non-hydrogen) atoms. The largest absolute Gasteiger partial charge is 0.307 e. The number of carbonyl (C=O) groups is 1. The second-order valence-corrected chi connectivity index (χ2v) is 9.41. The fourth-order valence-electron chi connectivity index (χ4n) is 2.93. The number of aryl methyl sites for hydroxylation is 1. The molecule has 0 bridgehead atoms. The lowest BCUT2D eigenvalue weighted by Gasteiger charge is -2.21. The first-order valence-electron chi connectivity index (χ1n) is 9.66. The number of hydrogen-bond donors (Lipinski definition) is 1. The van der Waals surface area contributed by atoms with E-state index < -0.39 is 10.0 Å². The van der Waals surface area contributed by atoms with Gasteiger partial charge in [0.25, 0.3) is 5.91 Å². The number of rotatable bonds is 7. The SMILES string of the molecule is Cc1cc(NC(=O)c2ccc(S(=O)(=O)N(C)C(C)C)cc2)n(Cc2ccccc2)n1. The molecule has 0 fully saturated rings. The Balaban J connectivity index is 1.77. The van der Waals surface area contributed by atoms with Gasteiger partial charge in [-0.25, -0.2) is 13.1 Å². The predicted molar refractivity (Wildman–Crippen MR) is 117 cm³/mol. The Hall–Kier alpha value is -2.97. The Morgan fingerprint density at radius 2 is 1.73 bits per heavy atom. The van der Waals surface area contributed by atoms with Crippen molar-refractivity contribution in [2.24, 2.45) is 0 Å². The highest BCUT2D eigenvalue weighted by molar-refractivity contribution is 7.89. The number of nitrogens with one attached hydrogen (secondary N) is 1. The molecule has 0 saturated carbocycles. The van der Waals surface area contributed by atoms with Crippen molar-refractivity contribution in [2.45, 2.75) is 38.3 Å². The summed E-state index contributed by atoms with van der Waals surface area (Å²) in [4.78, 5) is 12.9. The van der Waals surface area contributed by atoms with Crippen LogP contribution in [-0.2, 0) is 16.6 Å². The van der Waals surface area contributed by atoms with Crippen LogP contribution < -0.4 is 5.32 Å². The number of amides is 1. The lowest BCUT2D eigenvalue weighted by Crippen LogP contribution is -2.33. The van der Waals surface area contributed by atoms with Crippen LogP contribution in [0.25, 0.3) is 0 Å². The number of benzene rings is 2. The van der Waals surface area contributed by atoms with Gasteiger partial charge < -0.3 is 5.32 Å². The van der Waals surface area contributed by atoms with Gasteiger partial charge in [0.2, 0.25) is 10.0 Å². The summed E-state index contributed by atoms with van der Waals surface area (Å²) < 4.78 is 28.2. The van der Waals surface area contributed by atoms with E-state index in [9.17, 15) is 13.2 Å². The van der Waals surface area contributed by atoms with Gasteiger partial charge in [-0.1, -0.05) is 30.3 Å². The van der Waals surface area contributed by atoms with Crippen molar-refractivity contribution in [2.75, 3.05) is 12.4 Å². The molecular formula is C22H26N4O3S. The Bertz CT molecular complexity index is 1120. The predicted octanol–water partition coefficient (Wildman–Crippen LogP) is 3.52. The summed E-state index contributed by atoms with van der Waals surface area (Å²) in [7, 11) is -2.05. The Labute approximate surface area is 177 Å². The number of hydrogen-bond acceptors (Lipinski definition) is 4. The summed E-state index contributed by atoms with van der Waals surface area (Å²) in [5.41, 5.74) is 2.23. The summed E-state index contributed by atoms with van der Waals surface area (Å²) in [5, 5.41) is 7.32. The first-order chi connectivity index (χ1) is 14.2. The van der Waals surface area contributed by atoms with E-state index in [-0.39, 0.29) is 16.8 Å². The molecule has 1 N–H and O–H groups in total. The van der Waals surface area contributed by atoms with Crippen molar-refractivity contribution in [3.05, 3.63) is 77.5 Å². The zero-order valence-electron chi connectivity index (χ0n) is 17.5. The van der Waals surface area contributed by atoms with Crippen molar-refractivity contribution in [3.63, 3.8) is 0 Å². The molecule has 0 unspecified atom stereocenters. The third-order valence-corrected chi connectivity index (χ3v) is 6.89. The average molecular weight is 427 g/mol. The maximum absolute atomic E-state index is 12.7. The molecule has 2 aromatic carbocycles. The Morgan fingerprint density at radius 1 is 1.10 bits per heavy atom. The van der Waals surface area contributed by atoms with E-state index in [1.165, 1.54) is 35.6 Å². The molecule has 3 aromatic rings. The third kappa shape index (κ3) is 4.77. The second-order valence-electron chi connectivity index (χ2n) is 7.41. The van der Waals surface area contributed by atoms with Crippen LogP contribution in [0.15, 0.2) is 65.6 Å². The molecule has 0 aliphatic heterocycles. The van der Waals surface area contributed by atoms with E-state index in [0.29, 0.717) is 17.9 Å². The smallest absolute Gasteiger partial charge is 0.256 e. The quantitative estimate of drug-likeness (QED) is 0.626. The summed E-state index contributed by atoms with van der Waals surface area (Å²) in [5.74, 6) is 0.253. The molecule has 0 saturated heterocycles. The maximum Gasteiger partial charge on any atom is 0.256 e. The van der Waals surface area contributed by atoms with Gasteiger partial charge in [-0.15, -0.1) is 0 Å². The van der Waals surface area contributed by atoms with Crippen LogP contribution in [0, 0.1) is 6.92 Å². The van der Waals surface area contributed by atoms with Gasteiger partial charge >= 0.3 is 0 Å². The van der Waals surface area contributed by atoms with Crippen LogP contribution in [-0.4, -0.2) is 41.5 Å². The molecule has 1 heterocycles. The zero-order chi connectivity index (χ0) is 21.9. The van der Waals surface area contributed by atoms with Crippen LogP contribution in [0.3, 0.4) is 0 Å². The fraction of sp³-hybridized carbons (Fsp3) is 0.273. The van der Waals surface area contributed by atoms with Crippen molar-refractivity contribution in [1.82, 2.24) is 14.1 Å². The van der Waals surface area contributed by atoms with Gasteiger partial charge in [-0.05, 0) is 50.6 Å². The lowest BCUT2D eigenvalue weighted by molar-refractivity contribution is 0.102. The van der Waals surface area contributed by atoms with E-state index in [0.717, 1.165) is 11.3 Å². The van der Waals surface area contributed by atoms with E-state index in [4.69, 9.17) is 0 Å². The van der Waals surface area contributed by atoms with Crippen LogP contribution in [0.2, 0.25) is 0 Å². The third-order valence-electron chi connectivity index (χ3n) is 4.84. The minimum atomic E-state index is -3.59. The van der Waals surface area contributed by atoms with Gasteiger partial charge in [-0.3, -0.25) is 4.79 Å². The molecule has 0 aliphatic carbocycles. The number of carbonyl (C=O) groups excluding carboxylic acids is 1. The van der Waals surface area contributed by atoms with Crippen LogP contribution in [0.4, 0.5) is 5.82 Å². The monoisotopic (exact) mass is 426 g/mol. The van der Waals surface area contributed by atoms with Crippen molar-refractivity contribution in [1.29, 1.82) is 0 Å². The van der Waals surface area contributed by atoms with Gasteiger partial charge in [0.1, 0.15) is 5.82 Å². The number of aromatic nitrogens is 2. The van der Waals surface area contributed by atoms with E-state index in [2.05, 4.69) is 10.4 Å². The minimum Gasteiger partial charge on any atom is -0.307 e. The van der Waals surface area contributed by atoms with Gasteiger partial charge in [-0.2, -0.15) is 9.40 Å². The molecule has 0 aliphatic rings. The normalized spacial score (nSPS) is 11.8. The van der Waals surface area contributed by atoms with Crippen molar-refractivity contribution >= 4 is 21.7 Å². The highest BCUT2D eigenvalue weighted by atomic mass is 32.2. The summed E-state index contributed by atoms with van der Waals surface area (Å²) >= 11 is 0. The fourth-order valence-corrected chi connectivity index (χ4v) is 4.30. The highest BCUT2D eigenvalue weighted by Gasteiger charge is 2.23. The first-order valence-corrected chi connectivity index (χ1v) is 11.1. The Morgan fingerprint density at radius 3 is 2.33 bits per heavy atom. The molecule has 0 atom stereocenters. The topological polar surface area (TPSA) is 84.3 Å². The number of anilines is 1. The zero-order valence-corrected chi connectivity index (χ0v) is 18.3. The van der Waals surface area contributed by atoms with E-state index in [1.807, 2.05) is 37.3 Å². The summed E-state index contributed by atoms with van der Waals surface area (Å²) in [6, 6.07) is 17.4. The molecular weight excluding hydrogens is 400 g/mol. The lowest BCUT2D eigenvalue weighted by atomic mass is 10.2. The van der Waals surface area contributed by atoms with Gasteiger partial charge in [0, 0.05) is 24.7 Å². The molecule has 3 rings (SSSR count). The van der Waals surface area contributed by atoms with Gasteiger partial charge in [0.05, 0.1) is 17.1 Å². The van der Waals surface area contributed by atoms with E-state index in [1.54, 1.807) is 24.6 Å². The maximum atomic E-state index is 12.7. The van der Waals surface area contributed by atoms with Crippen molar-refractivity contribution in [3.8, 4) is 0 Å². The molecule has 1 aromatic heterocycles. The number of sulfonamides is 1. The van der Waals surface area contributed by atoms with E-state index >= 15 is 0 Å². The average Bonchev–Trinajstić information content (AvgIpc) is 3.06. The van der Waals surface area contributed by atoms with Crippen LogP contribution in [0.1, 0.15) is 35.5 Å². The molecule has 0 radical (unpaired) electrons. The molecule has 158 valence electrons. The van der Waals surface area contributed by atoms with Crippen LogP contribution >= 0.6 is 0 Å². The standard InChI is InChI=1S/C22H26N4O3S/c1-16(2)25(4)30(28,29)20-12-10-19(11-13-20)22(27)23-21-14-17(3)24-26(21)15-18-8-6-5-7-9-18/h5-14,16H,15H2,1-4H3,(H,23,27).